The van der Waals surface area contributed by atoms with E-state index in [0.717, 1.165) is 24.7 Å². The molecule has 26 heavy (non-hydrogen) atoms. The zero-order chi connectivity index (χ0) is 19.2. The highest BCUT2D eigenvalue weighted by atomic mass is 16.7. The van der Waals surface area contributed by atoms with Gasteiger partial charge in [0.05, 0.1) is 11.2 Å². The summed E-state index contributed by atoms with van der Waals surface area (Å²) in [5.74, 6) is -0.742. The minimum absolute atomic E-state index is 0.221. The third-order valence-electron chi connectivity index (χ3n) is 5.19. The molecule has 0 unspecified atom stereocenters. The summed E-state index contributed by atoms with van der Waals surface area (Å²) in [5.41, 5.74) is 1.66. The Morgan fingerprint density at radius 1 is 1.00 bits per heavy atom. The van der Waals surface area contributed by atoms with Crippen molar-refractivity contribution in [3.8, 4) is 0 Å². The van der Waals surface area contributed by atoms with E-state index in [-0.39, 0.29) is 24.7 Å². The van der Waals surface area contributed by atoms with Crippen molar-refractivity contribution in [2.45, 2.75) is 71.0 Å². The zero-order valence-electron chi connectivity index (χ0n) is 16.4. The van der Waals surface area contributed by atoms with E-state index in [1.54, 1.807) is 0 Å². The maximum absolute atomic E-state index is 10.4. The Hall–Kier alpha value is -1.37. The van der Waals surface area contributed by atoms with Crippen LogP contribution in [0.5, 0.6) is 0 Å². The van der Waals surface area contributed by atoms with Crippen molar-refractivity contribution in [2.75, 3.05) is 13.2 Å². The van der Waals surface area contributed by atoms with Gasteiger partial charge in [-0.25, -0.2) is 0 Å². The van der Waals surface area contributed by atoms with Crippen LogP contribution in [0.15, 0.2) is 24.3 Å². The van der Waals surface area contributed by atoms with Crippen LogP contribution >= 0.6 is 0 Å². The van der Waals surface area contributed by atoms with Crippen LogP contribution in [-0.2, 0) is 25.3 Å². The van der Waals surface area contributed by atoms with E-state index in [0.29, 0.717) is 19.6 Å². The average Bonchev–Trinajstić information content (AvgIpc) is 2.78. The molecule has 5 nitrogen and oxygen atoms in total. The highest BCUT2D eigenvalue weighted by molar-refractivity contribution is 6.62. The van der Waals surface area contributed by atoms with Crippen LogP contribution in [0.3, 0.4) is 0 Å². The van der Waals surface area contributed by atoms with E-state index in [1.807, 2.05) is 0 Å². The average molecular weight is 362 g/mol. The molecule has 1 aromatic rings. The van der Waals surface area contributed by atoms with Crippen molar-refractivity contribution >= 4 is 18.6 Å². The second kappa shape index (κ2) is 9.02. The van der Waals surface area contributed by atoms with Gasteiger partial charge < -0.3 is 19.2 Å². The van der Waals surface area contributed by atoms with Gasteiger partial charge in [-0.2, -0.15) is 0 Å². The molecule has 0 bridgehead atoms. The van der Waals surface area contributed by atoms with Crippen LogP contribution in [0.1, 0.15) is 58.9 Å². The number of carboxylic acids is 1. The third-order valence-corrected chi connectivity index (χ3v) is 5.19. The Labute approximate surface area is 157 Å². The second-order valence-electron chi connectivity index (χ2n) is 7.90. The number of carboxylic acid groups (broad SMARTS) is 1. The molecule has 0 atom stereocenters. The van der Waals surface area contributed by atoms with Gasteiger partial charge >= 0.3 is 13.1 Å². The molecule has 1 N–H and O–H groups in total. The Morgan fingerprint density at radius 3 is 2.15 bits per heavy atom. The van der Waals surface area contributed by atoms with Crippen LogP contribution in [0.2, 0.25) is 0 Å². The molecule has 0 aromatic heterocycles. The maximum atomic E-state index is 10.4. The number of aliphatic carboxylic acids is 1. The number of carbonyl (C=O) groups is 1. The first-order chi connectivity index (χ1) is 12.2. The van der Waals surface area contributed by atoms with E-state index < -0.39 is 5.97 Å². The molecule has 0 saturated carbocycles. The molecule has 1 aliphatic rings. The molecule has 1 fully saturated rings. The van der Waals surface area contributed by atoms with Gasteiger partial charge in [0.15, 0.2) is 0 Å². The molecule has 6 heteroatoms. The first-order valence-corrected chi connectivity index (χ1v) is 9.45. The predicted octanol–water partition coefficient (Wildman–Crippen LogP) is 3.19. The lowest BCUT2D eigenvalue weighted by Gasteiger charge is -2.32. The molecular weight excluding hydrogens is 331 g/mol. The van der Waals surface area contributed by atoms with E-state index >= 15 is 0 Å². The molecule has 1 aliphatic heterocycles. The van der Waals surface area contributed by atoms with Crippen LogP contribution in [-0.4, -0.2) is 42.6 Å². The van der Waals surface area contributed by atoms with Gasteiger partial charge in [-0.05, 0) is 64.4 Å². The van der Waals surface area contributed by atoms with E-state index in [2.05, 4.69) is 52.0 Å². The van der Waals surface area contributed by atoms with Gasteiger partial charge in [0, 0.05) is 19.6 Å². The van der Waals surface area contributed by atoms with Crippen molar-refractivity contribution in [3.63, 3.8) is 0 Å². The van der Waals surface area contributed by atoms with Crippen molar-refractivity contribution < 1.29 is 23.9 Å². The molecule has 1 heterocycles. The van der Waals surface area contributed by atoms with Gasteiger partial charge in [-0.1, -0.05) is 24.3 Å². The predicted molar refractivity (Wildman–Crippen MR) is 103 cm³/mol. The maximum Gasteiger partial charge on any atom is 0.494 e. The summed E-state index contributed by atoms with van der Waals surface area (Å²) >= 11 is 0. The minimum Gasteiger partial charge on any atom is -0.481 e. The smallest absolute Gasteiger partial charge is 0.481 e. The Balaban J connectivity index is 1.68. The molecule has 0 aliphatic carbocycles. The first kappa shape index (κ1) is 20.9. The summed E-state index contributed by atoms with van der Waals surface area (Å²) in [5, 5.41) is 8.56. The van der Waals surface area contributed by atoms with E-state index in [4.69, 9.17) is 19.2 Å². The topological polar surface area (TPSA) is 65.0 Å². The fourth-order valence-electron chi connectivity index (χ4n) is 2.78. The lowest BCUT2D eigenvalue weighted by atomic mass is 9.79. The SMILES string of the molecule is CC1(C)OB(c2ccc(CCCOCCCCC(=O)O)cc2)OC1(C)C. The molecule has 0 amide bonds. The van der Waals surface area contributed by atoms with E-state index in [9.17, 15) is 4.79 Å². The van der Waals surface area contributed by atoms with Gasteiger partial charge in [0.25, 0.3) is 0 Å². The fourth-order valence-corrected chi connectivity index (χ4v) is 2.78. The summed E-state index contributed by atoms with van der Waals surface area (Å²) in [6, 6.07) is 8.38. The highest BCUT2D eigenvalue weighted by Crippen LogP contribution is 2.36. The highest BCUT2D eigenvalue weighted by Gasteiger charge is 2.51. The summed E-state index contributed by atoms with van der Waals surface area (Å²) < 4.78 is 17.7. The molecular formula is C20H31BO5. The molecule has 0 radical (unpaired) electrons. The quantitative estimate of drug-likeness (QED) is 0.512. The minimum atomic E-state index is -0.742. The summed E-state index contributed by atoms with van der Waals surface area (Å²) in [7, 11) is -0.316. The standard InChI is InChI=1S/C20H31BO5/c1-19(2)20(3,4)26-21(25-19)17-12-10-16(11-13-17)8-7-15-24-14-6-5-9-18(22)23/h10-13H,5-9,14-15H2,1-4H3,(H,22,23). The first-order valence-electron chi connectivity index (χ1n) is 9.45. The number of aryl methyl sites for hydroxylation is 1. The summed E-state index contributed by atoms with van der Waals surface area (Å²) in [6.07, 6.45) is 3.61. The Kier molecular flexibility index (Phi) is 7.27. The van der Waals surface area contributed by atoms with Crippen molar-refractivity contribution in [2.24, 2.45) is 0 Å². The normalized spacial score (nSPS) is 18.2. The molecule has 1 aromatic carbocycles. The number of hydrogen-bond acceptors (Lipinski definition) is 4. The van der Waals surface area contributed by atoms with E-state index in [1.165, 1.54) is 5.56 Å². The summed E-state index contributed by atoms with van der Waals surface area (Å²) in [4.78, 5) is 10.4. The molecule has 144 valence electrons. The number of rotatable bonds is 10. The largest absolute Gasteiger partial charge is 0.494 e. The summed E-state index contributed by atoms with van der Waals surface area (Å²) in [6.45, 7) is 9.57. The third kappa shape index (κ3) is 5.83. The van der Waals surface area contributed by atoms with Crippen LogP contribution in [0.25, 0.3) is 0 Å². The van der Waals surface area contributed by atoms with Crippen LogP contribution in [0.4, 0.5) is 0 Å². The fraction of sp³-hybridized carbons (Fsp3) is 0.650. The van der Waals surface area contributed by atoms with Gasteiger partial charge in [-0.15, -0.1) is 0 Å². The lowest BCUT2D eigenvalue weighted by Crippen LogP contribution is -2.41. The Morgan fingerprint density at radius 2 is 1.58 bits per heavy atom. The van der Waals surface area contributed by atoms with Crippen molar-refractivity contribution in [3.05, 3.63) is 29.8 Å². The number of ether oxygens (including phenoxy) is 1. The zero-order valence-corrected chi connectivity index (χ0v) is 16.4. The number of benzene rings is 1. The van der Waals surface area contributed by atoms with Gasteiger partial charge in [0.2, 0.25) is 0 Å². The number of hydrogen-bond donors (Lipinski definition) is 1. The van der Waals surface area contributed by atoms with Crippen LogP contribution in [0, 0.1) is 0 Å². The Bertz CT molecular complexity index is 566. The number of unbranched alkanes of at least 4 members (excludes halogenated alkanes) is 1. The molecule has 2 rings (SSSR count). The molecule has 1 saturated heterocycles. The van der Waals surface area contributed by atoms with Crippen molar-refractivity contribution in [1.82, 2.24) is 0 Å². The van der Waals surface area contributed by atoms with Gasteiger partial charge in [0.1, 0.15) is 0 Å². The van der Waals surface area contributed by atoms with Crippen LogP contribution < -0.4 is 5.46 Å². The lowest BCUT2D eigenvalue weighted by molar-refractivity contribution is -0.137. The second-order valence-corrected chi connectivity index (χ2v) is 7.90. The monoisotopic (exact) mass is 362 g/mol. The van der Waals surface area contributed by atoms with Gasteiger partial charge in [-0.3, -0.25) is 4.79 Å². The van der Waals surface area contributed by atoms with Crippen molar-refractivity contribution in [1.29, 1.82) is 0 Å². The molecule has 0 spiro atoms.